The number of hydrogen-bond acceptors (Lipinski definition) is 3. The molecule has 0 radical (unpaired) electrons. The molecule has 0 bridgehead atoms. The molecule has 138 valence electrons. The van der Waals surface area contributed by atoms with E-state index in [1.165, 1.54) is 11.0 Å². The number of nitrogens with one attached hydrogen (secondary N) is 2. The second-order valence-corrected chi connectivity index (χ2v) is 6.00. The van der Waals surface area contributed by atoms with Gasteiger partial charge in [0.25, 0.3) is 0 Å². The maximum absolute atomic E-state index is 13.6. The molecule has 0 aromatic heterocycles. The number of guanidine groups is 1. The molecular weight excluding hydrogens is 323 g/mol. The van der Waals surface area contributed by atoms with Crippen LogP contribution in [0.25, 0.3) is 0 Å². The van der Waals surface area contributed by atoms with Crippen molar-refractivity contribution in [3.05, 3.63) is 42.2 Å². The number of likely N-dealkylation sites (N-methyl/N-ethyl adjacent to an activating group) is 1. The van der Waals surface area contributed by atoms with Crippen molar-refractivity contribution >= 4 is 11.9 Å². The van der Waals surface area contributed by atoms with Crippen LogP contribution in [-0.4, -0.2) is 56.6 Å². The van der Waals surface area contributed by atoms with Gasteiger partial charge in [-0.15, -0.1) is 0 Å². The van der Waals surface area contributed by atoms with E-state index in [9.17, 15) is 9.18 Å². The molecule has 0 fully saturated rings. The monoisotopic (exact) mass is 350 g/mol. The van der Waals surface area contributed by atoms with Gasteiger partial charge in [0.1, 0.15) is 12.6 Å². The van der Waals surface area contributed by atoms with Crippen molar-refractivity contribution in [2.75, 3.05) is 33.7 Å². The van der Waals surface area contributed by atoms with E-state index in [0.29, 0.717) is 19.0 Å². The van der Waals surface area contributed by atoms with Gasteiger partial charge in [0.15, 0.2) is 17.5 Å². The van der Waals surface area contributed by atoms with Gasteiger partial charge in [-0.3, -0.25) is 4.79 Å². The van der Waals surface area contributed by atoms with Crippen LogP contribution in [0, 0.1) is 5.82 Å². The van der Waals surface area contributed by atoms with Crippen LogP contribution in [0.5, 0.6) is 5.75 Å². The molecule has 0 heterocycles. The lowest BCUT2D eigenvalue weighted by Crippen LogP contribution is -2.43. The molecule has 0 spiro atoms. The van der Waals surface area contributed by atoms with Crippen LogP contribution in [0.1, 0.15) is 13.8 Å². The van der Waals surface area contributed by atoms with E-state index in [1.54, 1.807) is 32.3 Å². The molecule has 6 nitrogen and oxygen atoms in total. The summed E-state index contributed by atoms with van der Waals surface area (Å²) in [5.74, 6) is 0.169. The molecule has 0 saturated heterocycles. The summed E-state index contributed by atoms with van der Waals surface area (Å²) in [4.78, 5) is 17.4. The van der Waals surface area contributed by atoms with Gasteiger partial charge in [0.05, 0.1) is 6.54 Å². The first-order valence-electron chi connectivity index (χ1n) is 8.07. The Morgan fingerprint density at radius 1 is 1.36 bits per heavy atom. The molecule has 0 saturated carbocycles. The number of aliphatic imine (C=N–C) groups is 1. The van der Waals surface area contributed by atoms with Gasteiger partial charge in [-0.25, -0.2) is 9.38 Å². The molecule has 0 aliphatic heterocycles. The van der Waals surface area contributed by atoms with Gasteiger partial charge in [-0.2, -0.15) is 0 Å². The molecule has 25 heavy (non-hydrogen) atoms. The molecule has 1 rings (SSSR count). The van der Waals surface area contributed by atoms with E-state index in [2.05, 4.69) is 22.2 Å². The molecule has 1 aromatic carbocycles. The summed E-state index contributed by atoms with van der Waals surface area (Å²) in [5, 5.41) is 6.17. The molecule has 1 amide bonds. The summed E-state index contributed by atoms with van der Waals surface area (Å²) < 4.78 is 19.2. The average molecular weight is 350 g/mol. The predicted octanol–water partition coefficient (Wildman–Crippen LogP) is 1.79. The van der Waals surface area contributed by atoms with Crippen LogP contribution in [0.15, 0.2) is 41.4 Å². The van der Waals surface area contributed by atoms with Crippen molar-refractivity contribution in [3.63, 3.8) is 0 Å². The minimum Gasteiger partial charge on any atom is -0.486 e. The average Bonchev–Trinajstić information content (AvgIpc) is 2.55. The Morgan fingerprint density at radius 2 is 2.04 bits per heavy atom. The molecule has 7 heteroatoms. The molecule has 1 atom stereocenters. The van der Waals surface area contributed by atoms with E-state index >= 15 is 0 Å². The van der Waals surface area contributed by atoms with E-state index < -0.39 is 5.82 Å². The Bertz CT molecular complexity index is 617. The minimum atomic E-state index is -0.403. The highest BCUT2D eigenvalue weighted by Gasteiger charge is 2.10. The topological polar surface area (TPSA) is 66.0 Å². The Labute approximate surface area is 148 Å². The smallest absolute Gasteiger partial charge is 0.243 e. The maximum Gasteiger partial charge on any atom is 0.243 e. The number of amides is 1. The van der Waals surface area contributed by atoms with Crippen LogP contribution in [0.2, 0.25) is 0 Å². The van der Waals surface area contributed by atoms with E-state index in [-0.39, 0.29) is 24.3 Å². The van der Waals surface area contributed by atoms with Crippen LogP contribution >= 0.6 is 0 Å². The van der Waals surface area contributed by atoms with Crippen LogP contribution in [-0.2, 0) is 4.79 Å². The minimum absolute atomic E-state index is 0.0288. The van der Waals surface area contributed by atoms with Crippen molar-refractivity contribution in [1.29, 1.82) is 0 Å². The summed E-state index contributed by atoms with van der Waals surface area (Å²) in [5.41, 5.74) is 0.934. The van der Waals surface area contributed by atoms with Crippen molar-refractivity contribution in [3.8, 4) is 5.75 Å². The quantitative estimate of drug-likeness (QED) is 0.426. The highest BCUT2D eigenvalue weighted by atomic mass is 19.1. The lowest BCUT2D eigenvalue weighted by molar-refractivity contribution is -0.127. The second kappa shape index (κ2) is 10.3. The third-order valence-electron chi connectivity index (χ3n) is 3.15. The SMILES string of the molecule is C=C(C)CNC(=NCC(=O)N(C)C)NCC(C)Oc1ccccc1F. The molecule has 2 N–H and O–H groups in total. The lowest BCUT2D eigenvalue weighted by Gasteiger charge is -2.18. The summed E-state index contributed by atoms with van der Waals surface area (Å²) in [6.45, 7) is 8.49. The summed E-state index contributed by atoms with van der Waals surface area (Å²) in [7, 11) is 3.35. The number of ether oxygens (including phenoxy) is 1. The Hall–Kier alpha value is -2.57. The van der Waals surface area contributed by atoms with Crippen molar-refractivity contribution in [2.24, 2.45) is 4.99 Å². The third-order valence-corrected chi connectivity index (χ3v) is 3.15. The Kier molecular flexibility index (Phi) is 8.46. The van der Waals surface area contributed by atoms with Gasteiger partial charge in [0.2, 0.25) is 5.91 Å². The van der Waals surface area contributed by atoms with E-state index in [1.807, 2.05) is 13.8 Å². The van der Waals surface area contributed by atoms with Gasteiger partial charge in [-0.1, -0.05) is 24.3 Å². The first-order chi connectivity index (χ1) is 11.8. The number of rotatable bonds is 8. The lowest BCUT2D eigenvalue weighted by atomic mass is 10.3. The molecular formula is C18H27FN4O2. The summed E-state index contributed by atoms with van der Waals surface area (Å²) in [6.07, 6.45) is -0.293. The fourth-order valence-corrected chi connectivity index (χ4v) is 1.74. The first-order valence-corrected chi connectivity index (χ1v) is 8.07. The molecule has 1 aromatic rings. The largest absolute Gasteiger partial charge is 0.486 e. The molecule has 1 unspecified atom stereocenters. The van der Waals surface area contributed by atoms with Gasteiger partial charge < -0.3 is 20.3 Å². The Balaban J connectivity index is 2.60. The third kappa shape index (κ3) is 8.19. The first kappa shape index (κ1) is 20.5. The zero-order valence-electron chi connectivity index (χ0n) is 15.3. The zero-order valence-corrected chi connectivity index (χ0v) is 15.3. The van der Waals surface area contributed by atoms with E-state index in [0.717, 1.165) is 5.57 Å². The highest BCUT2D eigenvalue weighted by Crippen LogP contribution is 2.16. The zero-order chi connectivity index (χ0) is 18.8. The number of carbonyl (C=O) groups excluding carboxylic acids is 1. The predicted molar refractivity (Wildman–Crippen MR) is 98.3 cm³/mol. The fourth-order valence-electron chi connectivity index (χ4n) is 1.74. The fraction of sp³-hybridized carbons (Fsp3) is 0.444. The van der Waals surface area contributed by atoms with Crippen LogP contribution in [0.3, 0.4) is 0 Å². The highest BCUT2D eigenvalue weighted by molar-refractivity contribution is 5.84. The van der Waals surface area contributed by atoms with Crippen molar-refractivity contribution in [2.45, 2.75) is 20.0 Å². The van der Waals surface area contributed by atoms with Crippen molar-refractivity contribution in [1.82, 2.24) is 15.5 Å². The van der Waals surface area contributed by atoms with Gasteiger partial charge >= 0.3 is 0 Å². The standard InChI is InChI=1S/C18H27FN4O2/c1-13(2)10-20-18(22-12-17(24)23(4)5)21-11-14(3)25-16-9-7-6-8-15(16)19/h6-9,14H,1,10-12H2,2-5H3,(H2,20,21,22). The second-order valence-electron chi connectivity index (χ2n) is 6.00. The Morgan fingerprint density at radius 3 is 2.64 bits per heavy atom. The number of benzene rings is 1. The summed E-state index contributed by atoms with van der Waals surface area (Å²) >= 11 is 0. The summed E-state index contributed by atoms with van der Waals surface area (Å²) in [6, 6.07) is 6.26. The van der Waals surface area contributed by atoms with E-state index in [4.69, 9.17) is 4.74 Å². The number of carbonyl (C=O) groups is 1. The molecule has 0 aliphatic carbocycles. The normalized spacial score (nSPS) is 12.3. The van der Waals surface area contributed by atoms with Gasteiger partial charge in [0, 0.05) is 20.6 Å². The number of hydrogen-bond donors (Lipinski definition) is 2. The van der Waals surface area contributed by atoms with Crippen LogP contribution < -0.4 is 15.4 Å². The van der Waals surface area contributed by atoms with Crippen LogP contribution in [0.4, 0.5) is 4.39 Å². The number of nitrogens with zero attached hydrogens (tertiary/aromatic N) is 2. The number of halogens is 1. The maximum atomic E-state index is 13.6. The van der Waals surface area contributed by atoms with Gasteiger partial charge in [-0.05, 0) is 26.0 Å². The molecule has 0 aliphatic rings. The van der Waals surface area contributed by atoms with Crippen molar-refractivity contribution < 1.29 is 13.9 Å². The number of para-hydroxylation sites is 1.